The first-order valence-corrected chi connectivity index (χ1v) is 6.13. The van der Waals surface area contributed by atoms with E-state index in [2.05, 4.69) is 34.8 Å². The van der Waals surface area contributed by atoms with Crippen LogP contribution in [0.2, 0.25) is 0 Å². The van der Waals surface area contributed by atoms with Gasteiger partial charge in [0.05, 0.1) is 6.61 Å². The lowest BCUT2D eigenvalue weighted by molar-refractivity contribution is 0.203. The van der Waals surface area contributed by atoms with Crippen molar-refractivity contribution in [1.82, 2.24) is 9.97 Å². The summed E-state index contributed by atoms with van der Waals surface area (Å²) in [5.41, 5.74) is 1.21. The summed E-state index contributed by atoms with van der Waals surface area (Å²) in [6.45, 7) is 7.44. The number of anilines is 1. The van der Waals surface area contributed by atoms with E-state index in [-0.39, 0.29) is 0 Å². The molecular formula is C13H20N4O. The Hall–Kier alpha value is -1.67. The minimum atomic E-state index is 0.313. The summed E-state index contributed by atoms with van der Waals surface area (Å²) in [6.07, 6.45) is 0.989. The van der Waals surface area contributed by atoms with Gasteiger partial charge in [-0.05, 0) is 26.3 Å². The van der Waals surface area contributed by atoms with Gasteiger partial charge in [-0.15, -0.1) is 0 Å². The molecule has 5 nitrogen and oxygen atoms in total. The van der Waals surface area contributed by atoms with Gasteiger partial charge < -0.3 is 9.64 Å². The summed E-state index contributed by atoms with van der Waals surface area (Å²) in [5, 5.41) is 8.96. The second-order valence-corrected chi connectivity index (χ2v) is 4.25. The molecule has 0 aliphatic rings. The molecule has 0 spiro atoms. The summed E-state index contributed by atoms with van der Waals surface area (Å²) >= 11 is 0. The SMILES string of the molecule is CCC(C)N(CCOC)c1nc(C)cc(C#N)n1. The first-order chi connectivity index (χ1) is 8.62. The van der Waals surface area contributed by atoms with Gasteiger partial charge in [-0.2, -0.15) is 5.26 Å². The molecule has 0 N–H and O–H groups in total. The summed E-state index contributed by atoms with van der Waals surface area (Å²) in [5.74, 6) is 0.609. The molecule has 98 valence electrons. The minimum Gasteiger partial charge on any atom is -0.383 e. The van der Waals surface area contributed by atoms with Gasteiger partial charge in [-0.25, -0.2) is 9.97 Å². The molecule has 1 atom stereocenters. The van der Waals surface area contributed by atoms with Crippen LogP contribution in [0.15, 0.2) is 6.07 Å². The number of hydrogen-bond donors (Lipinski definition) is 0. The van der Waals surface area contributed by atoms with Crippen LogP contribution in [0.1, 0.15) is 31.7 Å². The number of aryl methyl sites for hydroxylation is 1. The van der Waals surface area contributed by atoms with E-state index >= 15 is 0 Å². The van der Waals surface area contributed by atoms with Crippen molar-refractivity contribution in [2.45, 2.75) is 33.2 Å². The average Bonchev–Trinajstić information content (AvgIpc) is 2.38. The van der Waals surface area contributed by atoms with Gasteiger partial charge >= 0.3 is 0 Å². The average molecular weight is 248 g/mol. The molecule has 0 aliphatic heterocycles. The lowest BCUT2D eigenvalue weighted by Gasteiger charge is -2.28. The highest BCUT2D eigenvalue weighted by Crippen LogP contribution is 2.14. The maximum atomic E-state index is 8.96. The highest BCUT2D eigenvalue weighted by atomic mass is 16.5. The molecule has 0 fully saturated rings. The lowest BCUT2D eigenvalue weighted by Crippen LogP contribution is -2.37. The van der Waals surface area contributed by atoms with Gasteiger partial charge in [0.25, 0.3) is 0 Å². The van der Waals surface area contributed by atoms with E-state index in [0.29, 0.717) is 24.3 Å². The molecule has 0 radical (unpaired) electrons. The second kappa shape index (κ2) is 6.92. The first kappa shape index (κ1) is 14.4. The predicted molar refractivity (Wildman–Crippen MR) is 70.5 cm³/mol. The Bertz CT molecular complexity index is 427. The van der Waals surface area contributed by atoms with Crippen LogP contribution < -0.4 is 4.90 Å². The maximum Gasteiger partial charge on any atom is 0.227 e. The van der Waals surface area contributed by atoms with Crippen molar-refractivity contribution in [3.05, 3.63) is 17.5 Å². The van der Waals surface area contributed by atoms with Crippen LogP contribution in [0.3, 0.4) is 0 Å². The standard InChI is InChI=1S/C13H20N4O/c1-5-11(3)17(6-7-18-4)13-15-10(2)8-12(9-14)16-13/h8,11H,5-7H2,1-4H3. The Morgan fingerprint density at radius 3 is 2.78 bits per heavy atom. The van der Waals surface area contributed by atoms with E-state index in [1.54, 1.807) is 13.2 Å². The number of rotatable bonds is 6. The summed E-state index contributed by atoms with van der Waals surface area (Å²) < 4.78 is 5.11. The van der Waals surface area contributed by atoms with Gasteiger partial charge in [0.15, 0.2) is 0 Å². The number of methoxy groups -OCH3 is 1. The fourth-order valence-corrected chi connectivity index (χ4v) is 1.67. The predicted octanol–water partition coefficient (Wildman–Crippen LogP) is 1.91. The molecule has 0 bridgehead atoms. The number of hydrogen-bond acceptors (Lipinski definition) is 5. The molecule has 18 heavy (non-hydrogen) atoms. The molecule has 0 aliphatic carbocycles. The largest absolute Gasteiger partial charge is 0.383 e. The van der Waals surface area contributed by atoms with Crippen LogP contribution >= 0.6 is 0 Å². The molecule has 0 aromatic carbocycles. The van der Waals surface area contributed by atoms with E-state index < -0.39 is 0 Å². The Morgan fingerprint density at radius 2 is 2.22 bits per heavy atom. The van der Waals surface area contributed by atoms with Crippen LogP contribution in [0.4, 0.5) is 5.95 Å². The van der Waals surface area contributed by atoms with Gasteiger partial charge in [0.1, 0.15) is 11.8 Å². The fraction of sp³-hybridized carbons (Fsp3) is 0.615. The van der Waals surface area contributed by atoms with Crippen molar-refractivity contribution in [2.24, 2.45) is 0 Å². The zero-order valence-corrected chi connectivity index (χ0v) is 11.5. The Labute approximate surface area is 108 Å². The summed E-state index contributed by atoms with van der Waals surface area (Å²) in [4.78, 5) is 10.8. The van der Waals surface area contributed by atoms with Crippen LogP contribution in [0, 0.1) is 18.3 Å². The molecular weight excluding hydrogens is 228 g/mol. The van der Waals surface area contributed by atoms with Gasteiger partial charge in [-0.3, -0.25) is 0 Å². The second-order valence-electron chi connectivity index (χ2n) is 4.25. The highest BCUT2D eigenvalue weighted by molar-refractivity contribution is 5.37. The summed E-state index contributed by atoms with van der Waals surface area (Å²) in [6, 6.07) is 4.07. The third kappa shape index (κ3) is 3.67. The number of ether oxygens (including phenoxy) is 1. The van der Waals surface area contributed by atoms with Crippen molar-refractivity contribution in [1.29, 1.82) is 5.26 Å². The van der Waals surface area contributed by atoms with Crippen molar-refractivity contribution in [3.8, 4) is 6.07 Å². The summed E-state index contributed by atoms with van der Waals surface area (Å²) in [7, 11) is 1.67. The van der Waals surface area contributed by atoms with Crippen LogP contribution in [0.25, 0.3) is 0 Å². The van der Waals surface area contributed by atoms with E-state index in [9.17, 15) is 0 Å². The third-order valence-corrected chi connectivity index (χ3v) is 2.87. The number of nitriles is 1. The molecule has 1 heterocycles. The van der Waals surface area contributed by atoms with E-state index in [1.165, 1.54) is 0 Å². The van der Waals surface area contributed by atoms with Gasteiger partial charge in [0, 0.05) is 25.4 Å². The molecule has 0 saturated carbocycles. The fourth-order valence-electron chi connectivity index (χ4n) is 1.67. The molecule has 1 rings (SSSR count). The van der Waals surface area contributed by atoms with Crippen molar-refractivity contribution >= 4 is 5.95 Å². The number of aromatic nitrogens is 2. The highest BCUT2D eigenvalue weighted by Gasteiger charge is 2.16. The monoisotopic (exact) mass is 248 g/mol. The zero-order valence-electron chi connectivity index (χ0n) is 11.5. The van der Waals surface area contributed by atoms with Crippen LogP contribution in [-0.2, 0) is 4.74 Å². The first-order valence-electron chi connectivity index (χ1n) is 6.13. The molecule has 0 amide bonds. The maximum absolute atomic E-state index is 8.96. The smallest absolute Gasteiger partial charge is 0.227 e. The normalized spacial score (nSPS) is 11.9. The van der Waals surface area contributed by atoms with Crippen molar-refractivity contribution < 1.29 is 4.74 Å². The van der Waals surface area contributed by atoms with Crippen LogP contribution in [0.5, 0.6) is 0 Å². The minimum absolute atomic E-state index is 0.313. The van der Waals surface area contributed by atoms with E-state index in [4.69, 9.17) is 10.00 Å². The molecule has 1 aromatic rings. The third-order valence-electron chi connectivity index (χ3n) is 2.87. The lowest BCUT2D eigenvalue weighted by atomic mass is 10.2. The molecule has 5 heteroatoms. The Morgan fingerprint density at radius 1 is 1.50 bits per heavy atom. The van der Waals surface area contributed by atoms with E-state index in [0.717, 1.165) is 18.7 Å². The van der Waals surface area contributed by atoms with Crippen LogP contribution in [-0.4, -0.2) is 36.3 Å². The molecule has 1 unspecified atom stereocenters. The van der Waals surface area contributed by atoms with E-state index in [1.807, 2.05) is 6.92 Å². The van der Waals surface area contributed by atoms with Crippen molar-refractivity contribution in [3.63, 3.8) is 0 Å². The number of nitrogens with zero attached hydrogens (tertiary/aromatic N) is 4. The quantitative estimate of drug-likeness (QED) is 0.769. The Kier molecular flexibility index (Phi) is 5.53. The van der Waals surface area contributed by atoms with Crippen molar-refractivity contribution in [2.75, 3.05) is 25.2 Å². The van der Waals surface area contributed by atoms with Gasteiger partial charge in [0.2, 0.25) is 5.95 Å². The molecule has 1 aromatic heterocycles. The molecule has 0 saturated heterocycles. The Balaban J connectivity index is 3.04. The zero-order chi connectivity index (χ0) is 13.5. The van der Waals surface area contributed by atoms with Gasteiger partial charge in [-0.1, -0.05) is 6.92 Å². The topological polar surface area (TPSA) is 62.0 Å².